The molecule has 0 saturated heterocycles. The van der Waals surface area contributed by atoms with Crippen molar-refractivity contribution in [1.82, 2.24) is 14.8 Å². The van der Waals surface area contributed by atoms with Gasteiger partial charge < -0.3 is 4.74 Å². The summed E-state index contributed by atoms with van der Waals surface area (Å²) in [6.07, 6.45) is 3.48. The van der Waals surface area contributed by atoms with Crippen LogP contribution in [0.25, 0.3) is 22.5 Å². The smallest absolute Gasteiger partial charge is 0.316 e. The summed E-state index contributed by atoms with van der Waals surface area (Å²) in [5.74, 6) is -0.672. The lowest BCUT2D eigenvalue weighted by Crippen LogP contribution is -2.25. The molecule has 140 valence electrons. The number of carbonyl (C=O) groups excluding carboxylic acids is 1. The van der Waals surface area contributed by atoms with Gasteiger partial charge in [0.25, 0.3) is 0 Å². The fourth-order valence-corrected chi connectivity index (χ4v) is 2.70. The summed E-state index contributed by atoms with van der Waals surface area (Å²) in [5.41, 5.74) is 1.21. The Hall–Kier alpha value is -2.54. The quantitative estimate of drug-likeness (QED) is 0.547. The van der Waals surface area contributed by atoms with Crippen molar-refractivity contribution < 1.29 is 13.9 Å². The van der Waals surface area contributed by atoms with E-state index in [1.54, 1.807) is 63.0 Å². The van der Waals surface area contributed by atoms with Crippen LogP contribution < -0.4 is 4.74 Å². The molecule has 3 rings (SSSR count). The lowest BCUT2D eigenvalue weighted by atomic mass is 9.97. The second-order valence-electron chi connectivity index (χ2n) is 7.21. The van der Waals surface area contributed by atoms with Crippen LogP contribution in [0.5, 0.6) is 5.75 Å². The molecule has 27 heavy (non-hydrogen) atoms. The van der Waals surface area contributed by atoms with Gasteiger partial charge >= 0.3 is 5.97 Å². The summed E-state index contributed by atoms with van der Waals surface area (Å²) in [5, 5.41) is 4.14. The average molecular weight is 432 g/mol. The number of aryl methyl sites for hydroxylation is 1. The van der Waals surface area contributed by atoms with Gasteiger partial charge in [-0.05, 0) is 51.1 Å². The zero-order chi connectivity index (χ0) is 19.8. The SMILES string of the molecule is Cn1cc(-c2ccc(OC(=O)C(C)(C)C)c(-c3ccc(Br)cc3F)n2)cn1. The summed E-state index contributed by atoms with van der Waals surface area (Å²) in [6, 6.07) is 8.02. The molecule has 0 amide bonds. The number of halogens is 2. The molecule has 0 aliphatic rings. The minimum atomic E-state index is -0.697. The standard InChI is InChI=1S/C20H19BrFN3O2/c1-20(2,3)19(26)27-17-8-7-16(12-10-23-25(4)11-12)24-18(17)14-6-5-13(21)9-15(14)22/h5-11H,1-4H3. The van der Waals surface area contributed by atoms with Gasteiger partial charge in [-0.15, -0.1) is 0 Å². The molecule has 0 aliphatic carbocycles. The molecule has 0 unspecified atom stereocenters. The highest BCUT2D eigenvalue weighted by atomic mass is 79.9. The largest absolute Gasteiger partial charge is 0.424 e. The van der Waals surface area contributed by atoms with Gasteiger partial charge in [-0.2, -0.15) is 5.10 Å². The Kier molecular flexibility index (Phi) is 5.15. The fourth-order valence-electron chi connectivity index (χ4n) is 2.37. The first-order valence-corrected chi connectivity index (χ1v) is 9.12. The minimum absolute atomic E-state index is 0.212. The van der Waals surface area contributed by atoms with E-state index in [2.05, 4.69) is 26.0 Å². The van der Waals surface area contributed by atoms with Gasteiger partial charge in [0, 0.05) is 28.8 Å². The van der Waals surface area contributed by atoms with Crippen LogP contribution in [-0.4, -0.2) is 20.7 Å². The van der Waals surface area contributed by atoms with E-state index in [-0.39, 0.29) is 17.0 Å². The predicted octanol–water partition coefficient (Wildman–Crippen LogP) is 5.00. The number of aromatic nitrogens is 3. The molecular weight excluding hydrogens is 413 g/mol. The third-order valence-corrected chi connectivity index (χ3v) is 4.35. The second kappa shape index (κ2) is 7.23. The molecule has 5 nitrogen and oxygen atoms in total. The highest BCUT2D eigenvalue weighted by Crippen LogP contribution is 2.35. The molecule has 0 fully saturated rings. The maximum absolute atomic E-state index is 14.6. The Morgan fingerprint density at radius 1 is 1.22 bits per heavy atom. The topological polar surface area (TPSA) is 57.0 Å². The van der Waals surface area contributed by atoms with E-state index in [0.29, 0.717) is 10.2 Å². The Labute approximate surface area is 165 Å². The highest BCUT2D eigenvalue weighted by molar-refractivity contribution is 9.10. The van der Waals surface area contributed by atoms with Gasteiger partial charge in [0.05, 0.1) is 17.3 Å². The van der Waals surface area contributed by atoms with Crippen LogP contribution in [0.4, 0.5) is 4.39 Å². The second-order valence-corrected chi connectivity index (χ2v) is 8.13. The molecular formula is C20H19BrFN3O2. The van der Waals surface area contributed by atoms with Gasteiger partial charge in [-0.1, -0.05) is 15.9 Å². The number of pyridine rings is 1. The molecule has 0 radical (unpaired) electrons. The lowest BCUT2D eigenvalue weighted by molar-refractivity contribution is -0.142. The van der Waals surface area contributed by atoms with Crippen molar-refractivity contribution in [1.29, 1.82) is 0 Å². The summed E-state index contributed by atoms with van der Waals surface area (Å²) in [6.45, 7) is 5.27. The number of rotatable bonds is 3. The summed E-state index contributed by atoms with van der Waals surface area (Å²) >= 11 is 3.25. The van der Waals surface area contributed by atoms with E-state index in [1.165, 1.54) is 6.07 Å². The number of benzene rings is 1. The predicted molar refractivity (Wildman–Crippen MR) is 105 cm³/mol. The van der Waals surface area contributed by atoms with Crippen molar-refractivity contribution in [2.45, 2.75) is 20.8 Å². The number of nitrogens with zero attached hydrogens (tertiary/aromatic N) is 3. The third kappa shape index (κ3) is 4.24. The summed E-state index contributed by atoms with van der Waals surface area (Å²) < 4.78 is 22.4. The molecule has 3 aromatic rings. The molecule has 0 atom stereocenters. The molecule has 7 heteroatoms. The maximum atomic E-state index is 14.6. The zero-order valence-corrected chi connectivity index (χ0v) is 17.0. The monoisotopic (exact) mass is 431 g/mol. The van der Waals surface area contributed by atoms with Crippen molar-refractivity contribution in [3.05, 3.63) is 53.0 Å². The van der Waals surface area contributed by atoms with Gasteiger partial charge in [-0.25, -0.2) is 9.37 Å². The summed E-state index contributed by atoms with van der Waals surface area (Å²) in [7, 11) is 1.80. The van der Waals surface area contributed by atoms with Crippen LogP contribution in [0.2, 0.25) is 0 Å². The van der Waals surface area contributed by atoms with E-state index in [0.717, 1.165) is 5.56 Å². The number of hydrogen-bond acceptors (Lipinski definition) is 4. The fraction of sp³-hybridized carbons (Fsp3) is 0.250. The maximum Gasteiger partial charge on any atom is 0.316 e. The van der Waals surface area contributed by atoms with Gasteiger partial charge in [0.15, 0.2) is 5.75 Å². The molecule has 0 saturated carbocycles. The van der Waals surface area contributed by atoms with E-state index < -0.39 is 17.2 Å². The Morgan fingerprint density at radius 2 is 1.96 bits per heavy atom. The van der Waals surface area contributed by atoms with E-state index >= 15 is 0 Å². The van der Waals surface area contributed by atoms with Crippen molar-refractivity contribution in [2.75, 3.05) is 0 Å². The molecule has 2 aromatic heterocycles. The van der Waals surface area contributed by atoms with E-state index in [4.69, 9.17) is 4.74 Å². The van der Waals surface area contributed by atoms with Crippen molar-refractivity contribution >= 4 is 21.9 Å². The zero-order valence-electron chi connectivity index (χ0n) is 15.5. The van der Waals surface area contributed by atoms with Crippen LogP contribution in [0, 0.1) is 11.2 Å². The van der Waals surface area contributed by atoms with Gasteiger partial charge in [0.1, 0.15) is 11.5 Å². The number of carbonyl (C=O) groups is 1. The molecule has 0 spiro atoms. The normalized spacial score (nSPS) is 11.5. The van der Waals surface area contributed by atoms with Crippen LogP contribution in [0.1, 0.15) is 20.8 Å². The lowest BCUT2D eigenvalue weighted by Gasteiger charge is -2.18. The van der Waals surface area contributed by atoms with E-state index in [9.17, 15) is 9.18 Å². The third-order valence-electron chi connectivity index (χ3n) is 3.86. The van der Waals surface area contributed by atoms with Gasteiger partial charge in [-0.3, -0.25) is 9.48 Å². The van der Waals surface area contributed by atoms with Crippen molar-refractivity contribution in [2.24, 2.45) is 12.5 Å². The van der Waals surface area contributed by atoms with Crippen LogP contribution in [-0.2, 0) is 11.8 Å². The van der Waals surface area contributed by atoms with Gasteiger partial charge in [0.2, 0.25) is 0 Å². The Balaban J connectivity index is 2.14. The average Bonchev–Trinajstić information content (AvgIpc) is 3.01. The first-order chi connectivity index (χ1) is 12.6. The van der Waals surface area contributed by atoms with Crippen LogP contribution in [0.3, 0.4) is 0 Å². The molecule has 0 bridgehead atoms. The molecule has 0 aliphatic heterocycles. The first kappa shape index (κ1) is 19.2. The van der Waals surface area contributed by atoms with Crippen molar-refractivity contribution in [3.63, 3.8) is 0 Å². The number of esters is 1. The highest BCUT2D eigenvalue weighted by Gasteiger charge is 2.26. The number of hydrogen-bond donors (Lipinski definition) is 0. The molecule has 2 heterocycles. The minimum Gasteiger partial charge on any atom is -0.424 e. The molecule has 0 N–H and O–H groups in total. The van der Waals surface area contributed by atoms with Crippen LogP contribution >= 0.6 is 15.9 Å². The number of ether oxygens (including phenoxy) is 1. The van der Waals surface area contributed by atoms with Crippen molar-refractivity contribution in [3.8, 4) is 28.3 Å². The summed E-state index contributed by atoms with van der Waals surface area (Å²) in [4.78, 5) is 16.9. The Morgan fingerprint density at radius 3 is 2.56 bits per heavy atom. The first-order valence-electron chi connectivity index (χ1n) is 8.33. The van der Waals surface area contributed by atoms with E-state index in [1.807, 2.05) is 6.20 Å². The Bertz CT molecular complexity index is 1010. The van der Waals surface area contributed by atoms with Crippen LogP contribution in [0.15, 0.2) is 47.2 Å². The molecule has 1 aromatic carbocycles.